The Kier molecular flexibility index (Phi) is 5.74. The largest absolute Gasteiger partial charge is 0.498 e. The maximum Gasteiger partial charge on any atom is 0.282 e. The summed E-state index contributed by atoms with van der Waals surface area (Å²) in [6.07, 6.45) is 23.4. The molecule has 0 aliphatic heterocycles. The zero-order valence-corrected chi connectivity index (χ0v) is 15.2. The molecule has 128 valence electrons. The van der Waals surface area contributed by atoms with Crippen LogP contribution in [0.15, 0.2) is 0 Å². The van der Waals surface area contributed by atoms with E-state index < -0.39 is 0 Å². The van der Waals surface area contributed by atoms with Gasteiger partial charge in [0.1, 0.15) is 0 Å². The Morgan fingerprint density at radius 1 is 0.391 bits per heavy atom. The highest BCUT2D eigenvalue weighted by atomic mass is 16.4. The summed E-state index contributed by atoms with van der Waals surface area (Å²) in [4.78, 5) is 0. The van der Waals surface area contributed by atoms with Crippen LogP contribution in [-0.2, 0) is 4.57 Å². The predicted octanol–water partition coefficient (Wildman–Crippen LogP) is 6.76. The number of rotatable bonds is 6. The molecule has 3 heteroatoms. The van der Waals surface area contributed by atoms with Gasteiger partial charge in [-0.25, -0.2) is 0 Å². The van der Waals surface area contributed by atoms with Gasteiger partial charge in [-0.3, -0.25) is 0 Å². The third-order valence-corrected chi connectivity index (χ3v) is 7.77. The first kappa shape index (κ1) is 16.6. The summed E-state index contributed by atoms with van der Waals surface area (Å²) in [7, 11) is 0. The lowest BCUT2D eigenvalue weighted by molar-refractivity contribution is 0.484. The molecule has 0 aromatic carbocycles. The SMILES string of the molecule is C1CCC(B(OB(C2CCCC2)C2CCCC2)C2CCCC2)C1. The molecule has 0 amide bonds. The third kappa shape index (κ3) is 3.86. The van der Waals surface area contributed by atoms with Crippen molar-refractivity contribution in [1.29, 1.82) is 0 Å². The Morgan fingerprint density at radius 3 is 0.826 bits per heavy atom. The Morgan fingerprint density at radius 2 is 0.609 bits per heavy atom. The zero-order chi connectivity index (χ0) is 15.5. The minimum Gasteiger partial charge on any atom is -0.498 e. The molecule has 0 radical (unpaired) electrons. The second-order valence-electron chi connectivity index (χ2n) is 9.24. The fraction of sp³-hybridized carbons (Fsp3) is 1.00. The van der Waals surface area contributed by atoms with Crippen molar-refractivity contribution in [1.82, 2.24) is 0 Å². The van der Waals surface area contributed by atoms with E-state index in [1.165, 1.54) is 103 Å². The van der Waals surface area contributed by atoms with Gasteiger partial charge in [0, 0.05) is 0 Å². The van der Waals surface area contributed by atoms with Crippen LogP contribution in [0.1, 0.15) is 103 Å². The van der Waals surface area contributed by atoms with E-state index >= 15 is 0 Å². The van der Waals surface area contributed by atoms with Crippen molar-refractivity contribution in [3.8, 4) is 0 Å². The fourth-order valence-electron chi connectivity index (χ4n) is 6.54. The molecule has 0 unspecified atom stereocenters. The normalized spacial score (nSPS) is 28.2. The van der Waals surface area contributed by atoms with E-state index in [2.05, 4.69) is 0 Å². The fourth-order valence-corrected chi connectivity index (χ4v) is 6.54. The Balaban J connectivity index is 1.48. The van der Waals surface area contributed by atoms with E-state index in [4.69, 9.17) is 4.57 Å². The molecular weight excluding hydrogens is 278 g/mol. The summed E-state index contributed by atoms with van der Waals surface area (Å²) in [6, 6.07) is 0. The Bertz CT molecular complexity index is 285. The summed E-state index contributed by atoms with van der Waals surface area (Å²) in [5.74, 6) is 3.62. The summed E-state index contributed by atoms with van der Waals surface area (Å²) >= 11 is 0. The minimum atomic E-state index is 0.631. The summed E-state index contributed by atoms with van der Waals surface area (Å²) in [6.45, 7) is 1.26. The molecule has 4 aliphatic rings. The first-order valence-electron chi connectivity index (χ1n) is 11.1. The highest BCUT2D eigenvalue weighted by molar-refractivity contribution is 6.69. The lowest BCUT2D eigenvalue weighted by atomic mass is 9.39. The molecule has 0 heterocycles. The van der Waals surface area contributed by atoms with E-state index in [0.717, 1.165) is 23.3 Å². The molecule has 0 N–H and O–H groups in total. The third-order valence-electron chi connectivity index (χ3n) is 7.77. The van der Waals surface area contributed by atoms with Crippen LogP contribution in [0.5, 0.6) is 0 Å². The molecule has 23 heavy (non-hydrogen) atoms. The van der Waals surface area contributed by atoms with Crippen LogP contribution in [-0.4, -0.2) is 13.8 Å². The van der Waals surface area contributed by atoms with Crippen molar-refractivity contribution >= 4 is 13.8 Å². The molecule has 4 aliphatic carbocycles. The minimum absolute atomic E-state index is 0.631. The van der Waals surface area contributed by atoms with Gasteiger partial charge in [-0.15, -0.1) is 0 Å². The second-order valence-corrected chi connectivity index (χ2v) is 9.24. The van der Waals surface area contributed by atoms with Gasteiger partial charge in [0.25, 0.3) is 13.8 Å². The zero-order valence-electron chi connectivity index (χ0n) is 15.2. The lowest BCUT2D eigenvalue weighted by Crippen LogP contribution is -2.40. The molecule has 4 saturated carbocycles. The van der Waals surface area contributed by atoms with Gasteiger partial charge in [0.05, 0.1) is 0 Å². The lowest BCUT2D eigenvalue weighted by Gasteiger charge is -2.34. The summed E-state index contributed by atoms with van der Waals surface area (Å²) < 4.78 is 7.19. The van der Waals surface area contributed by atoms with Crippen LogP contribution in [0.25, 0.3) is 0 Å². The predicted molar refractivity (Wildman–Crippen MR) is 101 cm³/mol. The molecule has 0 bridgehead atoms. The van der Waals surface area contributed by atoms with Crippen LogP contribution in [0.3, 0.4) is 0 Å². The van der Waals surface area contributed by atoms with Gasteiger partial charge in [-0.05, 0) is 23.3 Å². The van der Waals surface area contributed by atoms with Crippen LogP contribution in [0.2, 0.25) is 23.3 Å². The van der Waals surface area contributed by atoms with Crippen LogP contribution in [0.4, 0.5) is 0 Å². The Labute approximate surface area is 144 Å². The van der Waals surface area contributed by atoms with Gasteiger partial charge < -0.3 is 4.57 Å². The molecular formula is C20H36B2O. The molecule has 1 nitrogen and oxygen atoms in total. The van der Waals surface area contributed by atoms with Crippen molar-refractivity contribution in [3.63, 3.8) is 0 Å². The van der Waals surface area contributed by atoms with Crippen LogP contribution >= 0.6 is 0 Å². The first-order chi connectivity index (χ1) is 11.4. The molecule has 4 rings (SSSR count). The van der Waals surface area contributed by atoms with Crippen molar-refractivity contribution in [3.05, 3.63) is 0 Å². The highest BCUT2D eigenvalue weighted by Crippen LogP contribution is 2.48. The first-order valence-corrected chi connectivity index (χ1v) is 11.1. The van der Waals surface area contributed by atoms with E-state index in [-0.39, 0.29) is 0 Å². The molecule has 0 atom stereocenters. The van der Waals surface area contributed by atoms with Crippen molar-refractivity contribution in [2.24, 2.45) is 0 Å². The van der Waals surface area contributed by atoms with E-state index in [1.807, 2.05) is 0 Å². The monoisotopic (exact) mass is 314 g/mol. The Hall–Kier alpha value is 0.0899. The molecule has 0 saturated heterocycles. The van der Waals surface area contributed by atoms with Gasteiger partial charge in [0.2, 0.25) is 0 Å². The van der Waals surface area contributed by atoms with Crippen LogP contribution < -0.4 is 0 Å². The van der Waals surface area contributed by atoms with Crippen LogP contribution in [0, 0.1) is 0 Å². The highest BCUT2D eigenvalue weighted by Gasteiger charge is 2.45. The van der Waals surface area contributed by atoms with Gasteiger partial charge >= 0.3 is 0 Å². The van der Waals surface area contributed by atoms with Crippen molar-refractivity contribution in [2.75, 3.05) is 0 Å². The van der Waals surface area contributed by atoms with Crippen molar-refractivity contribution in [2.45, 2.75) is 126 Å². The summed E-state index contributed by atoms with van der Waals surface area (Å²) in [5, 5.41) is 0. The molecule has 0 aromatic rings. The van der Waals surface area contributed by atoms with Crippen molar-refractivity contribution < 1.29 is 4.57 Å². The quantitative estimate of drug-likeness (QED) is 0.492. The van der Waals surface area contributed by atoms with E-state index in [0.29, 0.717) is 13.8 Å². The average Bonchev–Trinajstić information content (AvgIpc) is 3.35. The maximum atomic E-state index is 7.19. The standard InChI is InChI=1S/C20H36B2O/c1-2-10-17(9-1)21(18-11-3-4-12-18)23-22(19-13-5-6-14-19)20-15-7-8-16-20/h17-20H,1-16H2. The number of hydrogen-bond acceptors (Lipinski definition) is 1. The van der Waals surface area contributed by atoms with Gasteiger partial charge in [0.15, 0.2) is 0 Å². The second kappa shape index (κ2) is 7.98. The summed E-state index contributed by atoms with van der Waals surface area (Å²) in [5.41, 5.74) is 0. The van der Waals surface area contributed by atoms with Gasteiger partial charge in [-0.1, -0.05) is 103 Å². The maximum absolute atomic E-state index is 7.19. The number of hydrogen-bond donors (Lipinski definition) is 0. The van der Waals surface area contributed by atoms with Gasteiger partial charge in [-0.2, -0.15) is 0 Å². The molecule has 4 fully saturated rings. The topological polar surface area (TPSA) is 9.23 Å². The smallest absolute Gasteiger partial charge is 0.282 e. The van der Waals surface area contributed by atoms with E-state index in [9.17, 15) is 0 Å². The molecule has 0 spiro atoms. The average molecular weight is 314 g/mol. The van der Waals surface area contributed by atoms with E-state index in [1.54, 1.807) is 0 Å². The molecule has 0 aromatic heterocycles.